The number of aromatic hydroxyl groups is 1. The Kier molecular flexibility index (Phi) is 4.36. The number of halogens is 1. The Labute approximate surface area is 157 Å². The van der Waals surface area contributed by atoms with Crippen molar-refractivity contribution in [2.24, 2.45) is 0 Å². The zero-order valence-electron chi connectivity index (χ0n) is 13.9. The molecule has 25 heavy (non-hydrogen) atoms. The number of thiophene rings is 1. The van der Waals surface area contributed by atoms with Crippen molar-refractivity contribution < 1.29 is 5.11 Å². The van der Waals surface area contributed by atoms with E-state index in [4.69, 9.17) is 0 Å². The third-order valence-electron chi connectivity index (χ3n) is 5.24. The predicted octanol–water partition coefficient (Wildman–Crippen LogP) is 4.74. The minimum atomic E-state index is 0. The van der Waals surface area contributed by atoms with Crippen LogP contribution in [0, 0.1) is 0 Å². The number of aromatic nitrogens is 1. The second kappa shape index (κ2) is 6.52. The van der Waals surface area contributed by atoms with Crippen LogP contribution in [-0.4, -0.2) is 9.67 Å². The third kappa shape index (κ3) is 2.69. The molecule has 3 aromatic rings. The van der Waals surface area contributed by atoms with E-state index in [1.807, 2.05) is 23.5 Å². The first-order chi connectivity index (χ1) is 11.8. The number of hydrogen-bond donors (Lipinski definition) is 2. The van der Waals surface area contributed by atoms with Crippen LogP contribution in [-0.2, 0) is 19.4 Å². The maximum Gasteiger partial charge on any atom is 0.115 e. The number of nitrogens with zero attached hydrogens (tertiary/aromatic N) is 1. The molecule has 3 heterocycles. The van der Waals surface area contributed by atoms with E-state index in [0.717, 1.165) is 12.1 Å². The molecule has 0 amide bonds. The van der Waals surface area contributed by atoms with E-state index in [1.54, 1.807) is 16.5 Å². The largest absolute Gasteiger partial charge is 0.508 e. The molecule has 0 saturated heterocycles. The Morgan fingerprint density at radius 3 is 2.84 bits per heavy atom. The Morgan fingerprint density at radius 1 is 1.08 bits per heavy atom. The first-order valence-corrected chi connectivity index (χ1v) is 9.46. The lowest BCUT2D eigenvalue weighted by Gasteiger charge is -2.19. The fraction of sp³-hybridized carbons (Fsp3) is 0.300. The molecule has 2 N–H and O–H groups in total. The summed E-state index contributed by atoms with van der Waals surface area (Å²) >= 11 is 1.97. The van der Waals surface area contributed by atoms with Crippen LogP contribution < -0.4 is 5.32 Å². The summed E-state index contributed by atoms with van der Waals surface area (Å²) in [5, 5.41) is 15.0. The molecule has 1 aliphatic heterocycles. The Hall–Kier alpha value is -1.75. The van der Waals surface area contributed by atoms with Crippen LogP contribution in [0.15, 0.2) is 42.6 Å². The molecule has 2 aliphatic rings. The van der Waals surface area contributed by atoms with Gasteiger partial charge in [0, 0.05) is 28.9 Å². The van der Waals surface area contributed by atoms with Crippen molar-refractivity contribution in [3.63, 3.8) is 0 Å². The maximum absolute atomic E-state index is 9.87. The number of phenols is 1. The molecule has 1 unspecified atom stereocenters. The van der Waals surface area contributed by atoms with Gasteiger partial charge in [0.15, 0.2) is 0 Å². The number of rotatable bonds is 1. The lowest BCUT2D eigenvalue weighted by Crippen LogP contribution is -2.21. The average molecular weight is 373 g/mol. The van der Waals surface area contributed by atoms with Crippen LogP contribution in [0.2, 0.25) is 0 Å². The maximum atomic E-state index is 9.87. The summed E-state index contributed by atoms with van der Waals surface area (Å²) < 4.78 is 2.35. The number of benzene rings is 1. The highest BCUT2D eigenvalue weighted by atomic mass is 35.5. The van der Waals surface area contributed by atoms with Crippen LogP contribution in [0.5, 0.6) is 5.75 Å². The average Bonchev–Trinajstić information content (AvgIpc) is 3.17. The zero-order valence-corrected chi connectivity index (χ0v) is 15.5. The highest BCUT2D eigenvalue weighted by molar-refractivity contribution is 7.15. The third-order valence-corrected chi connectivity index (χ3v) is 6.57. The quantitative estimate of drug-likeness (QED) is 0.647. The Bertz CT molecular complexity index is 914. The minimum Gasteiger partial charge on any atom is -0.508 e. The van der Waals surface area contributed by atoms with Crippen molar-refractivity contribution in [2.45, 2.75) is 38.3 Å². The molecule has 0 spiro atoms. The molecule has 0 saturated carbocycles. The van der Waals surface area contributed by atoms with E-state index in [-0.39, 0.29) is 18.4 Å². The fourth-order valence-corrected chi connectivity index (χ4v) is 5.52. The smallest absolute Gasteiger partial charge is 0.115 e. The van der Waals surface area contributed by atoms with Crippen LogP contribution >= 0.6 is 23.7 Å². The lowest BCUT2D eigenvalue weighted by molar-refractivity contribution is 0.473. The van der Waals surface area contributed by atoms with E-state index in [0.29, 0.717) is 5.75 Å². The van der Waals surface area contributed by atoms with Crippen molar-refractivity contribution in [1.82, 2.24) is 9.88 Å². The summed E-state index contributed by atoms with van der Waals surface area (Å²) in [5.74, 6) is 0.323. The molecule has 0 bridgehead atoms. The van der Waals surface area contributed by atoms with E-state index in [2.05, 4.69) is 34.3 Å². The zero-order chi connectivity index (χ0) is 16.1. The van der Waals surface area contributed by atoms with Gasteiger partial charge >= 0.3 is 0 Å². The fourth-order valence-electron chi connectivity index (χ4n) is 4.11. The van der Waals surface area contributed by atoms with Crippen LogP contribution in [0.25, 0.3) is 5.00 Å². The second-order valence-electron chi connectivity index (χ2n) is 6.71. The Balaban J connectivity index is 0.00000157. The van der Waals surface area contributed by atoms with Gasteiger partial charge in [0.1, 0.15) is 10.8 Å². The molecule has 1 atom stereocenters. The molecule has 2 aromatic heterocycles. The number of phenolic OH excluding ortho intramolecular Hbond substituents is 1. The van der Waals surface area contributed by atoms with Gasteiger partial charge in [0.25, 0.3) is 0 Å². The predicted molar refractivity (Wildman–Crippen MR) is 104 cm³/mol. The SMILES string of the molecule is Cl.Oc1cccc(C2NCc3c(sc4c3CCCC4)-n3cccc32)c1. The highest BCUT2D eigenvalue weighted by Crippen LogP contribution is 2.41. The summed E-state index contributed by atoms with van der Waals surface area (Å²) in [6.07, 6.45) is 7.27. The molecule has 1 aromatic carbocycles. The van der Waals surface area contributed by atoms with E-state index < -0.39 is 0 Å². The van der Waals surface area contributed by atoms with E-state index in [9.17, 15) is 5.11 Å². The lowest BCUT2D eigenvalue weighted by atomic mass is 9.95. The molecule has 130 valence electrons. The number of aryl methyl sites for hydroxylation is 1. The van der Waals surface area contributed by atoms with Gasteiger partial charge in [-0.1, -0.05) is 12.1 Å². The van der Waals surface area contributed by atoms with Crippen LogP contribution in [0.4, 0.5) is 0 Å². The van der Waals surface area contributed by atoms with Gasteiger partial charge in [0.05, 0.1) is 6.04 Å². The molecular formula is C20H21ClN2OS. The van der Waals surface area contributed by atoms with Gasteiger partial charge in [-0.15, -0.1) is 23.7 Å². The molecule has 0 radical (unpaired) electrons. The number of fused-ring (bicyclic) bond motifs is 5. The molecule has 0 fully saturated rings. The topological polar surface area (TPSA) is 37.2 Å². The van der Waals surface area contributed by atoms with Crippen molar-refractivity contribution >= 4 is 23.7 Å². The number of nitrogens with one attached hydrogen (secondary N) is 1. The first-order valence-electron chi connectivity index (χ1n) is 8.64. The van der Waals surface area contributed by atoms with Crippen molar-refractivity contribution in [3.8, 4) is 10.8 Å². The standard InChI is InChI=1S/C20H20N2OS.ClH/c23-14-6-3-5-13(11-14)19-17-8-4-10-22(17)20-16(12-21-19)15-7-1-2-9-18(15)24-20;/h3-6,8,10-11,19,21,23H,1-2,7,9,12H2;1H. The van der Waals surface area contributed by atoms with Gasteiger partial charge in [-0.2, -0.15) is 0 Å². The summed E-state index contributed by atoms with van der Waals surface area (Å²) in [4.78, 5) is 1.59. The van der Waals surface area contributed by atoms with E-state index in [1.165, 1.54) is 41.9 Å². The normalized spacial score (nSPS) is 18.5. The van der Waals surface area contributed by atoms with Gasteiger partial charge in [-0.3, -0.25) is 0 Å². The molecular weight excluding hydrogens is 352 g/mol. The highest BCUT2D eigenvalue weighted by Gasteiger charge is 2.28. The molecule has 3 nitrogen and oxygen atoms in total. The molecule has 1 aliphatic carbocycles. The second-order valence-corrected chi connectivity index (χ2v) is 7.79. The van der Waals surface area contributed by atoms with Gasteiger partial charge < -0.3 is 15.0 Å². The van der Waals surface area contributed by atoms with Crippen molar-refractivity contribution in [3.05, 3.63) is 69.9 Å². The van der Waals surface area contributed by atoms with E-state index >= 15 is 0 Å². The molecule has 5 rings (SSSR count). The first kappa shape index (κ1) is 16.7. The van der Waals surface area contributed by atoms with Crippen molar-refractivity contribution in [1.29, 1.82) is 0 Å². The van der Waals surface area contributed by atoms with Crippen LogP contribution in [0.1, 0.15) is 46.1 Å². The van der Waals surface area contributed by atoms with Gasteiger partial charge in [0.2, 0.25) is 0 Å². The molecule has 5 heteroatoms. The van der Waals surface area contributed by atoms with Gasteiger partial charge in [-0.05, 0) is 61.1 Å². The summed E-state index contributed by atoms with van der Waals surface area (Å²) in [5.41, 5.74) is 5.43. The summed E-state index contributed by atoms with van der Waals surface area (Å²) in [6.45, 7) is 0.892. The monoisotopic (exact) mass is 372 g/mol. The van der Waals surface area contributed by atoms with Crippen LogP contribution in [0.3, 0.4) is 0 Å². The summed E-state index contributed by atoms with van der Waals surface area (Å²) in [7, 11) is 0. The minimum absolute atomic E-state index is 0. The number of hydrogen-bond acceptors (Lipinski definition) is 3. The van der Waals surface area contributed by atoms with Crippen molar-refractivity contribution in [2.75, 3.05) is 0 Å². The van der Waals surface area contributed by atoms with Gasteiger partial charge in [-0.25, -0.2) is 0 Å². The summed E-state index contributed by atoms with van der Waals surface area (Å²) in [6, 6.07) is 12.0. The Morgan fingerprint density at radius 2 is 1.96 bits per heavy atom.